The Kier molecular flexibility index (Phi) is 3.96. The largest absolute Gasteiger partial charge is 0.465 e. The molecule has 0 heterocycles. The van der Waals surface area contributed by atoms with Crippen molar-refractivity contribution >= 4 is 28.2 Å². The summed E-state index contributed by atoms with van der Waals surface area (Å²) >= 11 is 2.98. The highest BCUT2D eigenvalue weighted by atomic mass is 79.9. The Morgan fingerprint density at radius 2 is 2.27 bits per heavy atom. The maximum absolute atomic E-state index is 13.2. The number of halogens is 2. The Balaban J connectivity index is 3.27. The van der Waals surface area contributed by atoms with Gasteiger partial charge in [0.05, 0.1) is 17.1 Å². The molecule has 0 saturated carbocycles. The number of carbonyl (C=O) groups excluding carboxylic acids is 2. The van der Waals surface area contributed by atoms with Crippen LogP contribution in [0.4, 0.5) is 4.39 Å². The third-order valence-corrected chi connectivity index (χ3v) is 2.46. The molecule has 0 aromatic heterocycles. The van der Waals surface area contributed by atoms with Crippen LogP contribution in [-0.4, -0.2) is 19.4 Å². The molecule has 0 radical (unpaired) electrons. The van der Waals surface area contributed by atoms with Gasteiger partial charge in [-0.15, -0.1) is 0 Å². The molecular formula is C10H8BrFO3. The summed E-state index contributed by atoms with van der Waals surface area (Å²) in [6, 6.07) is 2.45. The number of esters is 1. The minimum absolute atomic E-state index is 0.0450. The van der Waals surface area contributed by atoms with Gasteiger partial charge in [-0.1, -0.05) is 0 Å². The molecule has 0 aliphatic heterocycles. The first-order chi connectivity index (χ1) is 7.10. The number of ether oxygens (including phenoxy) is 1. The number of rotatable bonds is 3. The highest BCUT2D eigenvalue weighted by molar-refractivity contribution is 9.10. The van der Waals surface area contributed by atoms with Crippen LogP contribution in [0.5, 0.6) is 0 Å². The number of aldehydes is 1. The van der Waals surface area contributed by atoms with Gasteiger partial charge in [-0.2, -0.15) is 0 Å². The van der Waals surface area contributed by atoms with E-state index in [0.717, 1.165) is 6.07 Å². The fourth-order valence-corrected chi connectivity index (χ4v) is 1.54. The molecule has 0 atom stereocenters. The number of hydrogen-bond donors (Lipinski definition) is 0. The molecule has 15 heavy (non-hydrogen) atoms. The molecule has 0 unspecified atom stereocenters. The zero-order valence-electron chi connectivity index (χ0n) is 7.92. The van der Waals surface area contributed by atoms with Crippen molar-refractivity contribution in [2.75, 3.05) is 7.11 Å². The predicted molar refractivity (Wildman–Crippen MR) is 55.2 cm³/mol. The van der Waals surface area contributed by atoms with Crippen LogP contribution < -0.4 is 0 Å². The molecule has 1 aromatic rings. The fourth-order valence-electron chi connectivity index (χ4n) is 1.15. The number of carbonyl (C=O) groups is 2. The Hall–Kier alpha value is -1.23. The standard InChI is InChI=1S/C10H8BrFO3/c1-15-10(14)7-5-9(12)8(11)4-6(7)2-3-13/h3-5H,2H2,1H3. The first kappa shape index (κ1) is 11.8. The summed E-state index contributed by atoms with van der Waals surface area (Å²) in [5.74, 6) is -1.22. The van der Waals surface area contributed by atoms with Crippen LogP contribution in [0.25, 0.3) is 0 Å². The Bertz CT molecular complexity index is 404. The van der Waals surface area contributed by atoms with Crippen molar-refractivity contribution in [1.82, 2.24) is 0 Å². The van der Waals surface area contributed by atoms with Gasteiger partial charge >= 0.3 is 5.97 Å². The van der Waals surface area contributed by atoms with E-state index in [2.05, 4.69) is 20.7 Å². The molecule has 0 aliphatic rings. The highest BCUT2D eigenvalue weighted by Gasteiger charge is 2.14. The third kappa shape index (κ3) is 2.62. The van der Waals surface area contributed by atoms with Crippen molar-refractivity contribution in [2.24, 2.45) is 0 Å². The normalized spacial score (nSPS) is 9.80. The van der Waals surface area contributed by atoms with Crippen molar-refractivity contribution in [2.45, 2.75) is 6.42 Å². The van der Waals surface area contributed by atoms with Crippen LogP contribution in [0.3, 0.4) is 0 Å². The van der Waals surface area contributed by atoms with E-state index in [9.17, 15) is 14.0 Å². The van der Waals surface area contributed by atoms with Crippen LogP contribution >= 0.6 is 15.9 Å². The molecular weight excluding hydrogens is 267 g/mol. The molecule has 80 valence electrons. The smallest absolute Gasteiger partial charge is 0.338 e. The molecule has 0 amide bonds. The Morgan fingerprint density at radius 1 is 1.60 bits per heavy atom. The average molecular weight is 275 g/mol. The van der Waals surface area contributed by atoms with E-state index < -0.39 is 11.8 Å². The molecule has 0 N–H and O–H groups in total. The quantitative estimate of drug-likeness (QED) is 0.627. The molecule has 0 spiro atoms. The number of benzene rings is 1. The van der Waals surface area contributed by atoms with Gasteiger partial charge in [-0.25, -0.2) is 9.18 Å². The average Bonchev–Trinajstić information content (AvgIpc) is 2.22. The lowest BCUT2D eigenvalue weighted by atomic mass is 10.1. The van der Waals surface area contributed by atoms with Gasteiger partial charge in [0.2, 0.25) is 0 Å². The minimum atomic E-state index is -0.654. The van der Waals surface area contributed by atoms with Gasteiger partial charge in [0.1, 0.15) is 12.1 Å². The van der Waals surface area contributed by atoms with Crippen LogP contribution in [0.1, 0.15) is 15.9 Å². The van der Waals surface area contributed by atoms with E-state index >= 15 is 0 Å². The summed E-state index contributed by atoms with van der Waals surface area (Å²) in [7, 11) is 1.20. The van der Waals surface area contributed by atoms with Crippen molar-refractivity contribution in [3.8, 4) is 0 Å². The third-order valence-electron chi connectivity index (χ3n) is 1.85. The fraction of sp³-hybridized carbons (Fsp3) is 0.200. The molecule has 1 aromatic carbocycles. The van der Waals surface area contributed by atoms with Gasteiger partial charge in [0, 0.05) is 6.42 Å². The van der Waals surface area contributed by atoms with Crippen molar-refractivity contribution in [3.05, 3.63) is 33.5 Å². The second-order valence-electron chi connectivity index (χ2n) is 2.79. The van der Waals surface area contributed by atoms with E-state index in [4.69, 9.17) is 0 Å². The van der Waals surface area contributed by atoms with Crippen molar-refractivity contribution in [3.63, 3.8) is 0 Å². The summed E-state index contributed by atoms with van der Waals surface area (Å²) in [5, 5.41) is 0. The zero-order chi connectivity index (χ0) is 11.4. The van der Waals surface area contributed by atoms with E-state index in [0.29, 0.717) is 11.8 Å². The molecule has 3 nitrogen and oxygen atoms in total. The summed E-state index contributed by atoms with van der Waals surface area (Å²) < 4.78 is 17.8. The highest BCUT2D eigenvalue weighted by Crippen LogP contribution is 2.21. The van der Waals surface area contributed by atoms with Crippen LogP contribution in [0.2, 0.25) is 0 Å². The first-order valence-electron chi connectivity index (χ1n) is 4.10. The van der Waals surface area contributed by atoms with Gasteiger partial charge < -0.3 is 9.53 Å². The zero-order valence-corrected chi connectivity index (χ0v) is 9.51. The van der Waals surface area contributed by atoms with Crippen molar-refractivity contribution < 1.29 is 18.7 Å². The SMILES string of the molecule is COC(=O)c1cc(F)c(Br)cc1CC=O. The maximum atomic E-state index is 13.2. The number of hydrogen-bond acceptors (Lipinski definition) is 3. The second-order valence-corrected chi connectivity index (χ2v) is 3.64. The lowest BCUT2D eigenvalue weighted by Gasteiger charge is -2.06. The summed E-state index contributed by atoms with van der Waals surface area (Å²) in [6.07, 6.45) is 0.690. The molecule has 5 heteroatoms. The summed E-state index contributed by atoms with van der Waals surface area (Å²) in [6.45, 7) is 0. The van der Waals surface area contributed by atoms with Crippen molar-refractivity contribution in [1.29, 1.82) is 0 Å². The van der Waals surface area contributed by atoms with E-state index in [1.807, 2.05) is 0 Å². The van der Waals surface area contributed by atoms with E-state index in [1.54, 1.807) is 0 Å². The van der Waals surface area contributed by atoms with Crippen LogP contribution in [-0.2, 0) is 16.0 Å². The van der Waals surface area contributed by atoms with Gasteiger partial charge in [0.15, 0.2) is 0 Å². The Morgan fingerprint density at radius 3 is 2.80 bits per heavy atom. The lowest BCUT2D eigenvalue weighted by molar-refractivity contribution is -0.107. The van der Waals surface area contributed by atoms with Gasteiger partial charge in [-0.05, 0) is 33.6 Å². The lowest BCUT2D eigenvalue weighted by Crippen LogP contribution is -2.07. The minimum Gasteiger partial charge on any atom is -0.465 e. The molecule has 0 bridgehead atoms. The first-order valence-corrected chi connectivity index (χ1v) is 4.89. The molecule has 0 aliphatic carbocycles. The second kappa shape index (κ2) is 5.02. The summed E-state index contributed by atoms with van der Waals surface area (Å²) in [4.78, 5) is 21.6. The molecule has 0 fully saturated rings. The summed E-state index contributed by atoms with van der Waals surface area (Å²) in [5.41, 5.74) is 0.510. The van der Waals surface area contributed by atoms with Crippen LogP contribution in [0, 0.1) is 5.82 Å². The Labute approximate surface area is 94.4 Å². The van der Waals surface area contributed by atoms with Gasteiger partial charge in [-0.3, -0.25) is 0 Å². The predicted octanol–water partition coefficient (Wildman–Crippen LogP) is 2.12. The van der Waals surface area contributed by atoms with Crippen LogP contribution in [0.15, 0.2) is 16.6 Å². The molecule has 1 rings (SSSR count). The molecule has 0 saturated heterocycles. The maximum Gasteiger partial charge on any atom is 0.338 e. The monoisotopic (exact) mass is 274 g/mol. The van der Waals surface area contributed by atoms with E-state index in [1.165, 1.54) is 13.2 Å². The topological polar surface area (TPSA) is 43.4 Å². The van der Waals surface area contributed by atoms with E-state index in [-0.39, 0.29) is 16.5 Å². The van der Waals surface area contributed by atoms with Gasteiger partial charge in [0.25, 0.3) is 0 Å². The number of methoxy groups -OCH3 is 1.